The molecule has 21 heteroatoms. The highest BCUT2D eigenvalue weighted by Gasteiger charge is 2.56. The van der Waals surface area contributed by atoms with Crippen molar-refractivity contribution < 1.29 is 96.2 Å². The summed E-state index contributed by atoms with van der Waals surface area (Å²) in [5, 5.41) is 28.5. The van der Waals surface area contributed by atoms with Crippen molar-refractivity contribution in [2.75, 3.05) is 76.6 Å². The molecular weight excluding hydrogens is 1280 g/mol. The molecule has 1 saturated carbocycles. The zero-order valence-electron chi connectivity index (χ0n) is 54.1. The minimum atomic E-state index is -1.49. The van der Waals surface area contributed by atoms with Gasteiger partial charge < -0.3 is 67.4 Å². The lowest BCUT2D eigenvalue weighted by atomic mass is 9.64. The molecule has 20 nitrogen and oxygen atoms in total. The largest absolute Gasteiger partial charge is 0.508 e. The van der Waals surface area contributed by atoms with E-state index in [-0.39, 0.29) is 43.6 Å². The van der Waals surface area contributed by atoms with E-state index in [9.17, 15) is 44.1 Å². The summed E-state index contributed by atoms with van der Waals surface area (Å²) in [4.78, 5) is 79.5. The second-order valence-corrected chi connectivity index (χ2v) is 20.9. The van der Waals surface area contributed by atoms with Gasteiger partial charge in [0.25, 0.3) is 0 Å². The lowest BCUT2D eigenvalue weighted by Gasteiger charge is -2.35. The van der Waals surface area contributed by atoms with E-state index in [0.717, 1.165) is 17.2 Å². The summed E-state index contributed by atoms with van der Waals surface area (Å²) in [6.45, 7) is 1.01. The van der Waals surface area contributed by atoms with Crippen LogP contribution in [0.2, 0.25) is 0 Å². The number of hydrogen-bond donors (Lipinski definition) is 3. The van der Waals surface area contributed by atoms with Gasteiger partial charge in [-0.1, -0.05) is 72.8 Å². The highest BCUT2D eigenvalue weighted by atomic mass is 79.9. The van der Waals surface area contributed by atoms with E-state index in [1.54, 1.807) is 147 Å². The summed E-state index contributed by atoms with van der Waals surface area (Å²) in [5.41, 5.74) is 3.79. The normalized spacial score (nSPS) is 14.5. The van der Waals surface area contributed by atoms with Crippen LogP contribution in [0.4, 0.5) is 0 Å². The molecule has 6 aromatic rings. The lowest BCUT2D eigenvalue weighted by molar-refractivity contribution is -0.138. The van der Waals surface area contributed by atoms with Crippen molar-refractivity contribution in [2.24, 2.45) is 11.8 Å². The molecule has 0 bridgehead atoms. The van der Waals surface area contributed by atoms with Crippen molar-refractivity contribution in [3.8, 4) is 57.5 Å². The molecule has 1 aliphatic carbocycles. The highest BCUT2D eigenvalue weighted by molar-refractivity contribution is 9.09. The highest BCUT2D eigenvalue weighted by Crippen LogP contribution is 2.51. The Bertz CT molecular complexity index is 3740. The number of Topliss-reactive ketones (excluding diaryl/α,β-unsaturated/α-hetero) is 1. The number of alkyl halides is 1. The van der Waals surface area contributed by atoms with Crippen LogP contribution in [-0.4, -0.2) is 127 Å². The number of allylic oxidation sites excluding steroid dienone is 6. The number of methoxy groups -OCH3 is 10. The molecule has 2 atom stereocenters. The smallest absolute Gasteiger partial charge is 0.303 e. The quantitative estimate of drug-likeness (QED) is 0.00984. The van der Waals surface area contributed by atoms with Gasteiger partial charge in [0.15, 0.2) is 80.6 Å². The SMILES string of the molecule is CC(=O)OCBr.COc1ccc(/C=C/C(=O)/C=C(O)/C=C/c2ccc(CO)c(CO)c2)cc1OC.COc1ccc(/C=C/C(=O)C2CC(c3ccc(OC)c(OC)c3)(C(C(=O)/C=C/c3ccc(OC)c(OC)c3)C(=O)/C=C/c3ccc(OC)c(OC)c3)CC2=O)cc1OC. The van der Waals surface area contributed by atoms with Gasteiger partial charge in [0.1, 0.15) is 17.1 Å². The summed E-state index contributed by atoms with van der Waals surface area (Å²) in [7, 11) is 15.1. The second kappa shape index (κ2) is 37.3. The number of aliphatic hydroxyl groups is 3. The summed E-state index contributed by atoms with van der Waals surface area (Å²) >= 11 is 2.91. The molecule has 7 rings (SSSR count). The van der Waals surface area contributed by atoms with Crippen molar-refractivity contribution in [1.82, 2.24) is 0 Å². The van der Waals surface area contributed by atoms with Gasteiger partial charge in [0.05, 0.1) is 96.1 Å². The Labute approximate surface area is 555 Å². The molecule has 1 aliphatic rings. The van der Waals surface area contributed by atoms with Crippen LogP contribution in [0.3, 0.4) is 0 Å². The molecule has 0 aliphatic heterocycles. The number of benzene rings is 6. The van der Waals surface area contributed by atoms with Crippen LogP contribution in [0.15, 0.2) is 151 Å². The Morgan fingerprint density at radius 2 is 0.840 bits per heavy atom. The van der Waals surface area contributed by atoms with Gasteiger partial charge in [0.2, 0.25) is 0 Å². The third-order valence-electron chi connectivity index (χ3n) is 14.8. The Morgan fingerprint density at radius 1 is 0.479 bits per heavy atom. The molecule has 94 heavy (non-hydrogen) atoms. The van der Waals surface area contributed by atoms with Crippen molar-refractivity contribution in [3.63, 3.8) is 0 Å². The van der Waals surface area contributed by atoms with E-state index >= 15 is 0 Å². The van der Waals surface area contributed by atoms with E-state index in [0.29, 0.717) is 96.4 Å². The van der Waals surface area contributed by atoms with Crippen molar-refractivity contribution in [2.45, 2.75) is 38.4 Å². The average Bonchev–Trinajstić information content (AvgIpc) is 1.55. The maximum absolute atomic E-state index is 14.8. The fourth-order valence-electron chi connectivity index (χ4n) is 10.1. The van der Waals surface area contributed by atoms with Crippen molar-refractivity contribution in [1.29, 1.82) is 0 Å². The standard InChI is InChI=1S/C47H48O12.C23H24O6.C3H5BrO2/c1-52-38-19-12-29(23-42(38)56-5)9-16-34(48)33-27-47(28-37(33)51,32-15-22-41(55-4)45(26-32)59-8)46(35(49)17-10-30-13-20-39(53-2)43(24-30)57-6)36(50)18-11-31-14-21-40(54-3)44(25-31)58-7;1-28-22-10-6-17(12-23(22)29-2)5-9-21(27)13-20(26)8-4-16-3-7-18(14-24)19(11-16)15-25;1-3(5)6-2-4/h9-26,33,46H,27-28H2,1-8H3;3-13,24-26H,14-15H2,1-2H3;2H2,1H3/b16-9+,17-10+,18-11+;8-4+,9-5+,20-13-;. The average molecular weight is 1350 g/mol. The number of aliphatic hydroxyl groups excluding tert-OH is 3. The zero-order chi connectivity index (χ0) is 68.9. The maximum atomic E-state index is 14.8. The number of ether oxygens (including phenoxy) is 11. The number of ketones is 5. The van der Waals surface area contributed by atoms with Gasteiger partial charge >= 0.3 is 5.97 Å². The number of halogens is 1. The molecule has 0 radical (unpaired) electrons. The molecule has 0 aromatic heterocycles. The Kier molecular flexibility index (Phi) is 29.6. The lowest BCUT2D eigenvalue weighted by Crippen LogP contribution is -2.42. The molecule has 0 heterocycles. The van der Waals surface area contributed by atoms with Crippen LogP contribution in [0.5, 0.6) is 57.5 Å². The Hall–Kier alpha value is -10.2. The molecule has 1 fully saturated rings. The minimum Gasteiger partial charge on any atom is -0.508 e. The van der Waals surface area contributed by atoms with Crippen LogP contribution in [0, 0.1) is 11.8 Å². The number of rotatable bonds is 29. The van der Waals surface area contributed by atoms with E-state index < -0.39 is 40.4 Å². The van der Waals surface area contributed by atoms with Gasteiger partial charge in [0, 0.05) is 24.8 Å². The minimum absolute atomic E-state index is 0.146. The van der Waals surface area contributed by atoms with E-state index in [2.05, 4.69) is 20.7 Å². The van der Waals surface area contributed by atoms with E-state index in [1.807, 2.05) is 0 Å². The first-order valence-corrected chi connectivity index (χ1v) is 30.0. The number of esters is 1. The summed E-state index contributed by atoms with van der Waals surface area (Å²) in [6.07, 6.45) is 15.3. The van der Waals surface area contributed by atoms with Crippen LogP contribution >= 0.6 is 15.9 Å². The number of carbonyl (C=O) groups excluding carboxylic acids is 6. The molecule has 0 amide bonds. The maximum Gasteiger partial charge on any atom is 0.303 e. The molecule has 0 saturated heterocycles. The molecule has 3 N–H and O–H groups in total. The van der Waals surface area contributed by atoms with E-state index in [4.69, 9.17) is 47.4 Å². The molecular formula is C73H77BrO20. The van der Waals surface area contributed by atoms with Gasteiger partial charge in [-0.05, 0) is 164 Å². The summed E-state index contributed by atoms with van der Waals surface area (Å²) in [5.74, 6) is -0.822. The van der Waals surface area contributed by atoms with E-state index in [1.165, 1.54) is 101 Å². The Morgan fingerprint density at radius 3 is 1.22 bits per heavy atom. The summed E-state index contributed by atoms with van der Waals surface area (Å²) < 4.78 is 58.2. The fraction of sp³-hybridized carbons (Fsp3) is 0.260. The molecule has 496 valence electrons. The predicted molar refractivity (Wildman–Crippen MR) is 360 cm³/mol. The van der Waals surface area contributed by atoms with Gasteiger partial charge in [-0.2, -0.15) is 0 Å². The first-order chi connectivity index (χ1) is 45.2. The number of hydrogen-bond acceptors (Lipinski definition) is 20. The van der Waals surface area contributed by atoms with Crippen LogP contribution in [0.1, 0.15) is 64.3 Å². The fourth-order valence-corrected chi connectivity index (χ4v) is 10.4. The molecule has 6 aromatic carbocycles. The van der Waals surface area contributed by atoms with Crippen LogP contribution < -0.4 is 47.4 Å². The molecule has 2 unspecified atom stereocenters. The topological polar surface area (TPSA) is 265 Å². The van der Waals surface area contributed by atoms with Gasteiger partial charge in [-0.3, -0.25) is 28.8 Å². The predicted octanol–water partition coefficient (Wildman–Crippen LogP) is 11.8. The van der Waals surface area contributed by atoms with Crippen molar-refractivity contribution in [3.05, 3.63) is 196 Å². The third-order valence-corrected chi connectivity index (χ3v) is 15.1. The van der Waals surface area contributed by atoms with Crippen molar-refractivity contribution >= 4 is 81.2 Å². The van der Waals surface area contributed by atoms with Crippen LogP contribution in [0.25, 0.3) is 30.4 Å². The number of carbonyl (C=O) groups is 6. The monoisotopic (exact) mass is 1350 g/mol. The van der Waals surface area contributed by atoms with Gasteiger partial charge in [-0.15, -0.1) is 0 Å². The second-order valence-electron chi connectivity index (χ2n) is 20.5. The molecule has 0 spiro atoms. The van der Waals surface area contributed by atoms with Gasteiger partial charge in [-0.25, -0.2) is 0 Å². The van der Waals surface area contributed by atoms with Crippen LogP contribution in [-0.2, 0) is 52.1 Å². The third kappa shape index (κ3) is 20.4. The Balaban J connectivity index is 0.000000379. The summed E-state index contributed by atoms with van der Waals surface area (Å²) in [6, 6.07) is 30.8. The first kappa shape index (κ1) is 74.5. The zero-order valence-corrected chi connectivity index (χ0v) is 55.7. The first-order valence-electron chi connectivity index (χ1n) is 28.9.